The minimum atomic E-state index is -0.899. The van der Waals surface area contributed by atoms with Gasteiger partial charge < -0.3 is 14.7 Å². The number of rotatable bonds is 5. The van der Waals surface area contributed by atoms with Crippen LogP contribution in [0, 0.1) is 13.8 Å². The van der Waals surface area contributed by atoms with Gasteiger partial charge in [0.15, 0.2) is 0 Å². The fourth-order valence-corrected chi connectivity index (χ4v) is 3.26. The molecule has 6 heteroatoms. The van der Waals surface area contributed by atoms with Crippen LogP contribution in [0.3, 0.4) is 0 Å². The largest absolute Gasteiger partial charge is 0.491 e. The zero-order chi connectivity index (χ0) is 16.6. The van der Waals surface area contributed by atoms with Crippen LogP contribution in [0.15, 0.2) is 18.2 Å². The van der Waals surface area contributed by atoms with Crippen LogP contribution in [0.1, 0.15) is 24.0 Å². The molecule has 2 aliphatic heterocycles. The number of ether oxygens (including phenoxy) is 1. The molecular weight excluding hydrogens is 296 g/mol. The van der Waals surface area contributed by atoms with Gasteiger partial charge in [0.1, 0.15) is 24.5 Å². The van der Waals surface area contributed by atoms with E-state index < -0.39 is 6.10 Å². The Labute approximate surface area is 135 Å². The number of aryl methyl sites for hydroxylation is 2. The highest BCUT2D eigenvalue weighted by molar-refractivity contribution is 6.04. The standard InChI is InChI=1S/C17H22N2O4/c1-11-5-6-15(12(2)8-11)23-10-13(20)9-19-16(21)14-4-3-7-18(14)17(19)22/h5-6,8,13-14,20H,3-4,7,9-10H2,1-2H3/t13-,14+/m0/s1. The summed E-state index contributed by atoms with van der Waals surface area (Å²) in [5, 5.41) is 10.1. The van der Waals surface area contributed by atoms with Gasteiger partial charge in [0.2, 0.25) is 0 Å². The third-order valence-electron chi connectivity index (χ3n) is 4.44. The lowest BCUT2D eigenvalue weighted by Crippen LogP contribution is -2.41. The molecule has 0 bridgehead atoms. The van der Waals surface area contributed by atoms with Crippen LogP contribution in [0.4, 0.5) is 4.79 Å². The molecule has 0 spiro atoms. The Morgan fingerprint density at radius 1 is 1.35 bits per heavy atom. The summed E-state index contributed by atoms with van der Waals surface area (Å²) in [7, 11) is 0. The number of aliphatic hydroxyl groups is 1. The third kappa shape index (κ3) is 3.03. The van der Waals surface area contributed by atoms with Crippen molar-refractivity contribution in [3.63, 3.8) is 0 Å². The molecule has 0 aliphatic carbocycles. The lowest BCUT2D eigenvalue weighted by atomic mass is 10.1. The fourth-order valence-electron chi connectivity index (χ4n) is 3.26. The number of benzene rings is 1. The van der Waals surface area contributed by atoms with Crippen molar-refractivity contribution in [1.82, 2.24) is 9.80 Å². The molecule has 3 rings (SSSR count). The van der Waals surface area contributed by atoms with Crippen molar-refractivity contribution >= 4 is 11.9 Å². The van der Waals surface area contributed by atoms with Gasteiger partial charge in [-0.3, -0.25) is 9.69 Å². The quantitative estimate of drug-likeness (QED) is 0.835. The maximum Gasteiger partial charge on any atom is 0.327 e. The molecule has 0 aromatic heterocycles. The van der Waals surface area contributed by atoms with Gasteiger partial charge in [0, 0.05) is 6.54 Å². The van der Waals surface area contributed by atoms with Crippen molar-refractivity contribution in [2.75, 3.05) is 19.7 Å². The second-order valence-corrected chi connectivity index (χ2v) is 6.32. The number of hydrogen-bond acceptors (Lipinski definition) is 4. The van der Waals surface area contributed by atoms with Crippen LogP contribution < -0.4 is 4.74 Å². The zero-order valence-corrected chi connectivity index (χ0v) is 13.5. The average molecular weight is 318 g/mol. The molecule has 0 radical (unpaired) electrons. The summed E-state index contributed by atoms with van der Waals surface area (Å²) in [6, 6.07) is 5.19. The van der Waals surface area contributed by atoms with Gasteiger partial charge in [0.25, 0.3) is 5.91 Å². The molecule has 2 saturated heterocycles. The number of urea groups is 1. The second kappa shape index (κ2) is 6.20. The van der Waals surface area contributed by atoms with E-state index in [0.717, 1.165) is 28.9 Å². The van der Waals surface area contributed by atoms with Crippen LogP contribution >= 0.6 is 0 Å². The smallest absolute Gasteiger partial charge is 0.327 e. The van der Waals surface area contributed by atoms with Crippen LogP contribution in [0.25, 0.3) is 0 Å². The first-order valence-electron chi connectivity index (χ1n) is 7.97. The van der Waals surface area contributed by atoms with Crippen molar-refractivity contribution in [1.29, 1.82) is 0 Å². The summed E-state index contributed by atoms with van der Waals surface area (Å²) >= 11 is 0. The topological polar surface area (TPSA) is 70.1 Å². The summed E-state index contributed by atoms with van der Waals surface area (Å²) in [6.45, 7) is 4.60. The first-order valence-corrected chi connectivity index (χ1v) is 7.97. The first kappa shape index (κ1) is 15.8. The second-order valence-electron chi connectivity index (χ2n) is 6.32. The predicted molar refractivity (Wildman–Crippen MR) is 84.3 cm³/mol. The monoisotopic (exact) mass is 318 g/mol. The fraction of sp³-hybridized carbons (Fsp3) is 0.529. The van der Waals surface area contributed by atoms with E-state index in [1.54, 1.807) is 4.90 Å². The van der Waals surface area contributed by atoms with Gasteiger partial charge in [-0.1, -0.05) is 17.7 Å². The molecule has 23 heavy (non-hydrogen) atoms. The number of β-amino-alcohol motifs (C(OH)–C–C–N with tert-alkyl or cyclic N) is 1. The van der Waals surface area contributed by atoms with E-state index in [-0.39, 0.29) is 31.1 Å². The van der Waals surface area contributed by atoms with E-state index in [0.29, 0.717) is 12.3 Å². The molecule has 1 aromatic carbocycles. The third-order valence-corrected chi connectivity index (χ3v) is 4.44. The molecule has 0 unspecified atom stereocenters. The van der Waals surface area contributed by atoms with Gasteiger partial charge >= 0.3 is 6.03 Å². The van der Waals surface area contributed by atoms with E-state index in [1.807, 2.05) is 32.0 Å². The van der Waals surface area contributed by atoms with Gasteiger partial charge in [-0.2, -0.15) is 0 Å². The molecule has 0 saturated carbocycles. The van der Waals surface area contributed by atoms with Crippen LogP contribution in [0.5, 0.6) is 5.75 Å². The Morgan fingerprint density at radius 3 is 2.83 bits per heavy atom. The highest BCUT2D eigenvalue weighted by Crippen LogP contribution is 2.27. The van der Waals surface area contributed by atoms with Gasteiger partial charge in [-0.15, -0.1) is 0 Å². The van der Waals surface area contributed by atoms with Crippen molar-refractivity contribution in [3.05, 3.63) is 29.3 Å². The number of nitrogens with zero attached hydrogens (tertiary/aromatic N) is 2. The number of amides is 3. The number of aliphatic hydroxyl groups excluding tert-OH is 1. The maximum atomic E-state index is 12.2. The average Bonchev–Trinajstić information content (AvgIpc) is 3.06. The van der Waals surface area contributed by atoms with Crippen molar-refractivity contribution in [2.45, 2.75) is 38.8 Å². The Balaban J connectivity index is 1.56. The zero-order valence-electron chi connectivity index (χ0n) is 13.5. The summed E-state index contributed by atoms with van der Waals surface area (Å²) in [5.74, 6) is 0.507. The normalized spacial score (nSPS) is 21.8. The number of hydrogen-bond donors (Lipinski definition) is 1. The first-order chi connectivity index (χ1) is 11.0. The highest BCUT2D eigenvalue weighted by atomic mass is 16.5. The summed E-state index contributed by atoms with van der Waals surface area (Å²) in [5.41, 5.74) is 2.13. The Kier molecular flexibility index (Phi) is 4.26. The minimum absolute atomic E-state index is 0.0183. The summed E-state index contributed by atoms with van der Waals surface area (Å²) in [4.78, 5) is 27.1. The van der Waals surface area contributed by atoms with E-state index >= 15 is 0 Å². The molecule has 3 amide bonds. The molecule has 2 aliphatic rings. The molecule has 124 valence electrons. The van der Waals surface area contributed by atoms with E-state index in [1.165, 1.54) is 0 Å². The lowest BCUT2D eigenvalue weighted by Gasteiger charge is -2.20. The maximum absolute atomic E-state index is 12.2. The van der Waals surface area contributed by atoms with Gasteiger partial charge in [-0.05, 0) is 38.3 Å². The van der Waals surface area contributed by atoms with Gasteiger partial charge in [0.05, 0.1) is 6.54 Å². The SMILES string of the molecule is Cc1ccc(OC[C@@H](O)CN2C(=O)[C@H]3CCCN3C2=O)c(C)c1. The molecule has 1 N–H and O–H groups in total. The Morgan fingerprint density at radius 2 is 2.13 bits per heavy atom. The number of carbonyl (C=O) groups excluding carboxylic acids is 2. The number of carbonyl (C=O) groups is 2. The number of imide groups is 1. The number of fused-ring (bicyclic) bond motifs is 1. The van der Waals surface area contributed by atoms with Crippen LogP contribution in [-0.4, -0.2) is 58.7 Å². The van der Waals surface area contributed by atoms with E-state index in [9.17, 15) is 14.7 Å². The molecular formula is C17H22N2O4. The predicted octanol–water partition coefficient (Wildman–Crippen LogP) is 1.47. The van der Waals surface area contributed by atoms with Crippen molar-refractivity contribution in [3.8, 4) is 5.75 Å². The summed E-state index contributed by atoms with van der Waals surface area (Å²) < 4.78 is 5.62. The minimum Gasteiger partial charge on any atom is -0.491 e. The molecule has 6 nitrogen and oxygen atoms in total. The molecule has 2 atom stereocenters. The highest BCUT2D eigenvalue weighted by Gasteiger charge is 2.47. The van der Waals surface area contributed by atoms with E-state index in [2.05, 4.69) is 0 Å². The van der Waals surface area contributed by atoms with Crippen LogP contribution in [-0.2, 0) is 4.79 Å². The molecule has 2 fully saturated rings. The van der Waals surface area contributed by atoms with E-state index in [4.69, 9.17) is 4.74 Å². The van der Waals surface area contributed by atoms with Crippen molar-refractivity contribution < 1.29 is 19.4 Å². The summed E-state index contributed by atoms with van der Waals surface area (Å²) in [6.07, 6.45) is 0.688. The van der Waals surface area contributed by atoms with Gasteiger partial charge in [-0.25, -0.2) is 4.79 Å². The Bertz CT molecular complexity index is 609. The molecule has 1 aromatic rings. The lowest BCUT2D eigenvalue weighted by molar-refractivity contribution is -0.129. The van der Waals surface area contributed by atoms with Crippen LogP contribution in [0.2, 0.25) is 0 Å². The molecule has 2 heterocycles. The van der Waals surface area contributed by atoms with Crippen molar-refractivity contribution in [2.24, 2.45) is 0 Å². The Hall–Kier alpha value is -2.08.